The van der Waals surface area contributed by atoms with Gasteiger partial charge in [0, 0.05) is 18.1 Å². The molecule has 2 amide bonds. The minimum absolute atomic E-state index is 0.0453. The average molecular weight is 536 g/mol. The van der Waals surface area contributed by atoms with Crippen LogP contribution in [0.25, 0.3) is 10.8 Å². The quantitative estimate of drug-likeness (QED) is 0.545. The van der Waals surface area contributed by atoms with Gasteiger partial charge in [0.15, 0.2) is 0 Å². The second-order valence-electron chi connectivity index (χ2n) is 9.08. The molecular formula is C25H30ClN3O6S. The molecule has 0 radical (unpaired) electrons. The molecule has 0 bridgehead atoms. The van der Waals surface area contributed by atoms with Gasteiger partial charge in [0.1, 0.15) is 12.1 Å². The number of rotatable bonds is 7. The Balaban J connectivity index is 1.44. The molecule has 2 heterocycles. The van der Waals surface area contributed by atoms with Crippen molar-refractivity contribution < 1.29 is 27.5 Å². The predicted molar refractivity (Wildman–Crippen MR) is 135 cm³/mol. The summed E-state index contributed by atoms with van der Waals surface area (Å²) in [5.41, 5.74) is 0. The van der Waals surface area contributed by atoms with Gasteiger partial charge in [-0.05, 0) is 74.1 Å². The zero-order valence-corrected chi connectivity index (χ0v) is 21.7. The van der Waals surface area contributed by atoms with E-state index >= 15 is 0 Å². The molecule has 2 aromatic carbocycles. The van der Waals surface area contributed by atoms with E-state index in [9.17, 15) is 22.8 Å². The van der Waals surface area contributed by atoms with Crippen molar-refractivity contribution in [2.75, 3.05) is 26.2 Å². The lowest BCUT2D eigenvalue weighted by atomic mass is 10.0. The van der Waals surface area contributed by atoms with Gasteiger partial charge in [-0.2, -0.15) is 4.72 Å². The van der Waals surface area contributed by atoms with Gasteiger partial charge < -0.3 is 14.5 Å². The highest BCUT2D eigenvalue weighted by Crippen LogP contribution is 2.24. The number of nitrogens with zero attached hydrogens (tertiary/aromatic N) is 2. The number of hydrogen-bond donors (Lipinski definition) is 1. The summed E-state index contributed by atoms with van der Waals surface area (Å²) in [6, 6.07) is 8.22. The van der Waals surface area contributed by atoms with Crippen molar-refractivity contribution in [1.82, 2.24) is 14.5 Å². The van der Waals surface area contributed by atoms with Gasteiger partial charge in [0.2, 0.25) is 21.8 Å². The molecule has 9 nitrogen and oxygen atoms in total. The SMILES string of the molecule is CCOC(=O)C1CCCCN1C(=O)CN1CCC[C@H](NS(=O)(=O)c2ccc3cc(Cl)ccc3c2)C1=O. The highest BCUT2D eigenvalue weighted by Gasteiger charge is 2.37. The molecule has 2 aliphatic rings. The second kappa shape index (κ2) is 11.1. The lowest BCUT2D eigenvalue weighted by Crippen LogP contribution is -2.56. The summed E-state index contributed by atoms with van der Waals surface area (Å²) in [6.45, 7) is 2.51. The molecular weight excluding hydrogens is 506 g/mol. The molecule has 0 aromatic heterocycles. The smallest absolute Gasteiger partial charge is 0.328 e. The molecule has 1 N–H and O–H groups in total. The first-order valence-corrected chi connectivity index (χ1v) is 14.0. The third-order valence-electron chi connectivity index (χ3n) is 6.62. The third kappa shape index (κ3) is 5.82. The predicted octanol–water partition coefficient (Wildman–Crippen LogP) is 2.71. The molecule has 0 aliphatic carbocycles. The first kappa shape index (κ1) is 26.4. The maximum Gasteiger partial charge on any atom is 0.328 e. The lowest BCUT2D eigenvalue weighted by molar-refractivity contribution is -0.157. The number of halogens is 1. The van der Waals surface area contributed by atoms with Gasteiger partial charge in [-0.25, -0.2) is 13.2 Å². The molecule has 0 spiro atoms. The summed E-state index contributed by atoms with van der Waals surface area (Å²) in [6.07, 6.45) is 3.00. The summed E-state index contributed by atoms with van der Waals surface area (Å²) >= 11 is 6.01. The third-order valence-corrected chi connectivity index (χ3v) is 8.32. The minimum Gasteiger partial charge on any atom is -0.464 e. The molecule has 36 heavy (non-hydrogen) atoms. The van der Waals surface area contributed by atoms with Gasteiger partial charge in [-0.15, -0.1) is 0 Å². The number of hydrogen-bond acceptors (Lipinski definition) is 6. The molecule has 1 unspecified atom stereocenters. The van der Waals surface area contributed by atoms with Crippen LogP contribution >= 0.6 is 11.6 Å². The van der Waals surface area contributed by atoms with Crippen LogP contribution in [0.5, 0.6) is 0 Å². The number of esters is 1. The molecule has 4 rings (SSSR count). The summed E-state index contributed by atoms with van der Waals surface area (Å²) in [5.74, 6) is -1.22. The van der Waals surface area contributed by atoms with E-state index < -0.39 is 34.0 Å². The zero-order chi connectivity index (χ0) is 25.9. The summed E-state index contributed by atoms with van der Waals surface area (Å²) in [4.78, 5) is 41.5. The number of ether oxygens (including phenoxy) is 1. The minimum atomic E-state index is -3.98. The number of piperidine rings is 2. The summed E-state index contributed by atoms with van der Waals surface area (Å²) < 4.78 is 33.8. The molecule has 2 aromatic rings. The maximum atomic E-state index is 13.1. The number of carbonyl (C=O) groups excluding carboxylic acids is 3. The second-order valence-corrected chi connectivity index (χ2v) is 11.2. The largest absolute Gasteiger partial charge is 0.464 e. The van der Waals surface area contributed by atoms with E-state index in [-0.39, 0.29) is 24.0 Å². The van der Waals surface area contributed by atoms with Crippen molar-refractivity contribution in [1.29, 1.82) is 0 Å². The van der Waals surface area contributed by atoms with E-state index in [2.05, 4.69) is 4.72 Å². The van der Waals surface area contributed by atoms with Crippen LogP contribution < -0.4 is 4.72 Å². The van der Waals surface area contributed by atoms with Crippen molar-refractivity contribution >= 4 is 50.2 Å². The van der Waals surface area contributed by atoms with Gasteiger partial charge in [-0.3, -0.25) is 9.59 Å². The molecule has 2 fully saturated rings. The normalized spacial score (nSPS) is 21.0. The van der Waals surface area contributed by atoms with Crippen molar-refractivity contribution in [3.63, 3.8) is 0 Å². The van der Waals surface area contributed by atoms with E-state index in [0.29, 0.717) is 42.8 Å². The van der Waals surface area contributed by atoms with Crippen LogP contribution in [-0.2, 0) is 29.1 Å². The number of amides is 2. The maximum absolute atomic E-state index is 13.1. The summed E-state index contributed by atoms with van der Waals surface area (Å²) in [5, 5.41) is 2.07. The van der Waals surface area contributed by atoms with Crippen molar-refractivity contribution in [3.05, 3.63) is 41.4 Å². The van der Waals surface area contributed by atoms with Gasteiger partial charge >= 0.3 is 5.97 Å². The van der Waals surface area contributed by atoms with Gasteiger partial charge in [0.05, 0.1) is 18.0 Å². The van der Waals surface area contributed by atoms with E-state index in [0.717, 1.165) is 18.2 Å². The first-order valence-electron chi connectivity index (χ1n) is 12.2. The number of nitrogens with one attached hydrogen (secondary N) is 1. The first-order chi connectivity index (χ1) is 17.2. The van der Waals surface area contributed by atoms with E-state index in [1.165, 1.54) is 21.9 Å². The number of fused-ring (bicyclic) bond motifs is 1. The number of likely N-dealkylation sites (tertiary alicyclic amines) is 2. The standard InChI is InChI=1S/C25H30ClN3O6S/c1-2-35-25(32)22-7-3-4-13-29(22)23(30)16-28-12-5-6-21(24(28)31)27-36(33,34)20-11-9-17-14-19(26)10-8-18(17)15-20/h8-11,14-15,21-22,27H,2-7,12-13,16H2,1H3/t21-,22?/m0/s1. The Morgan fingerprint density at radius 2 is 1.81 bits per heavy atom. The van der Waals surface area contributed by atoms with Crippen molar-refractivity contribution in [3.8, 4) is 0 Å². The van der Waals surface area contributed by atoms with Crippen molar-refractivity contribution in [2.45, 2.75) is 56.0 Å². The summed E-state index contributed by atoms with van der Waals surface area (Å²) in [7, 11) is -3.98. The fraction of sp³-hybridized carbons (Fsp3) is 0.480. The lowest BCUT2D eigenvalue weighted by Gasteiger charge is -2.37. The monoisotopic (exact) mass is 535 g/mol. The number of benzene rings is 2. The Labute approximate surface area is 215 Å². The van der Waals surface area contributed by atoms with Crippen LogP contribution in [-0.4, -0.2) is 74.3 Å². The zero-order valence-electron chi connectivity index (χ0n) is 20.1. The molecule has 2 saturated heterocycles. The number of carbonyl (C=O) groups is 3. The Kier molecular flexibility index (Phi) is 8.17. The van der Waals surface area contributed by atoms with Crippen LogP contribution in [0.1, 0.15) is 39.0 Å². The Hall–Kier alpha value is -2.69. The molecule has 2 aliphatic heterocycles. The van der Waals surface area contributed by atoms with Gasteiger partial charge in [0.25, 0.3) is 0 Å². The topological polar surface area (TPSA) is 113 Å². The highest BCUT2D eigenvalue weighted by molar-refractivity contribution is 7.89. The highest BCUT2D eigenvalue weighted by atomic mass is 35.5. The van der Waals surface area contributed by atoms with Crippen LogP contribution in [0.2, 0.25) is 5.02 Å². The van der Waals surface area contributed by atoms with E-state index in [4.69, 9.17) is 16.3 Å². The molecule has 11 heteroatoms. The van der Waals surface area contributed by atoms with Crippen LogP contribution in [0.4, 0.5) is 0 Å². The molecule has 194 valence electrons. The Morgan fingerprint density at radius 3 is 2.58 bits per heavy atom. The molecule has 2 atom stereocenters. The van der Waals surface area contributed by atoms with Crippen LogP contribution in [0, 0.1) is 0 Å². The molecule has 0 saturated carbocycles. The van der Waals surface area contributed by atoms with Crippen LogP contribution in [0.3, 0.4) is 0 Å². The average Bonchev–Trinajstić information content (AvgIpc) is 2.86. The fourth-order valence-electron chi connectivity index (χ4n) is 4.79. The Morgan fingerprint density at radius 1 is 1.06 bits per heavy atom. The van der Waals surface area contributed by atoms with E-state index in [1.54, 1.807) is 31.2 Å². The van der Waals surface area contributed by atoms with Crippen molar-refractivity contribution in [2.24, 2.45) is 0 Å². The Bertz CT molecular complexity index is 1270. The van der Waals surface area contributed by atoms with E-state index in [1.807, 2.05) is 0 Å². The fourth-order valence-corrected chi connectivity index (χ4v) is 6.23. The van der Waals surface area contributed by atoms with Gasteiger partial charge in [-0.1, -0.05) is 23.7 Å². The van der Waals surface area contributed by atoms with Crippen LogP contribution in [0.15, 0.2) is 41.3 Å². The number of sulfonamides is 1.